The van der Waals surface area contributed by atoms with Crippen LogP contribution in [0.3, 0.4) is 0 Å². The molecule has 120 valence electrons. The maximum Gasteiger partial charge on any atom is 0.224 e. The van der Waals surface area contributed by atoms with E-state index in [0.29, 0.717) is 34.6 Å². The molecular formula is C19H16ClN3O. The van der Waals surface area contributed by atoms with Gasteiger partial charge in [-0.25, -0.2) is 0 Å². The van der Waals surface area contributed by atoms with Crippen LogP contribution in [0, 0.1) is 18.3 Å². The summed E-state index contributed by atoms with van der Waals surface area (Å²) in [4.78, 5) is 0. The van der Waals surface area contributed by atoms with E-state index in [1.54, 1.807) is 22.8 Å². The lowest BCUT2D eigenvalue weighted by Gasteiger charge is -2.13. The maximum atomic E-state index is 9.40. The molecule has 1 heterocycles. The van der Waals surface area contributed by atoms with E-state index in [-0.39, 0.29) is 0 Å². The predicted octanol–water partition coefficient (Wildman–Crippen LogP) is 4.74. The molecule has 0 fully saturated rings. The van der Waals surface area contributed by atoms with Gasteiger partial charge in [0.1, 0.15) is 17.5 Å². The van der Waals surface area contributed by atoms with Gasteiger partial charge in [0.05, 0.1) is 17.3 Å². The van der Waals surface area contributed by atoms with Gasteiger partial charge in [-0.15, -0.1) is 0 Å². The fourth-order valence-electron chi connectivity index (χ4n) is 2.54. The van der Waals surface area contributed by atoms with E-state index in [1.807, 2.05) is 37.3 Å². The number of aromatic nitrogens is 1. The second-order valence-corrected chi connectivity index (χ2v) is 5.92. The van der Waals surface area contributed by atoms with Crippen molar-refractivity contribution in [2.24, 2.45) is 0 Å². The monoisotopic (exact) mass is 337 g/mol. The Balaban J connectivity index is 2.02. The molecule has 3 aromatic rings. The number of nitrogens with zero attached hydrogens (tertiary/aromatic N) is 2. The van der Waals surface area contributed by atoms with E-state index >= 15 is 0 Å². The summed E-state index contributed by atoms with van der Waals surface area (Å²) >= 11 is 6.16. The number of halogens is 1. The largest absolute Gasteiger partial charge is 0.437 e. The zero-order valence-corrected chi connectivity index (χ0v) is 13.9. The molecule has 0 radical (unpaired) electrons. The van der Waals surface area contributed by atoms with Crippen molar-refractivity contribution in [3.63, 3.8) is 0 Å². The van der Waals surface area contributed by atoms with Gasteiger partial charge in [0.25, 0.3) is 0 Å². The Kier molecular flexibility index (Phi) is 4.45. The number of hydrogen-bond acceptors (Lipinski definition) is 3. The van der Waals surface area contributed by atoms with Crippen molar-refractivity contribution >= 4 is 17.3 Å². The van der Waals surface area contributed by atoms with Crippen molar-refractivity contribution in [1.82, 2.24) is 4.57 Å². The molecule has 0 amide bonds. The van der Waals surface area contributed by atoms with E-state index < -0.39 is 0 Å². The van der Waals surface area contributed by atoms with Crippen LogP contribution in [-0.4, -0.2) is 4.57 Å². The third-order valence-electron chi connectivity index (χ3n) is 3.66. The molecule has 0 unspecified atom stereocenters. The Bertz CT molecular complexity index is 925. The number of rotatable bonds is 4. The topological polar surface area (TPSA) is 64.0 Å². The predicted molar refractivity (Wildman–Crippen MR) is 95.4 cm³/mol. The summed E-state index contributed by atoms with van der Waals surface area (Å²) in [5.41, 5.74) is 9.12. The van der Waals surface area contributed by atoms with Crippen LogP contribution >= 0.6 is 11.6 Å². The number of anilines is 1. The van der Waals surface area contributed by atoms with Crippen molar-refractivity contribution in [1.29, 1.82) is 5.26 Å². The number of hydrogen-bond donors (Lipinski definition) is 1. The first-order valence-corrected chi connectivity index (χ1v) is 7.83. The number of nitrogens with two attached hydrogens (primary N) is 1. The molecule has 4 nitrogen and oxygen atoms in total. The number of ether oxygens (including phenoxy) is 1. The summed E-state index contributed by atoms with van der Waals surface area (Å²) in [6, 6.07) is 19.0. The highest BCUT2D eigenvalue weighted by molar-refractivity contribution is 6.32. The minimum atomic E-state index is 0.402. The fourth-order valence-corrected chi connectivity index (χ4v) is 2.71. The number of nitrogen functional groups attached to an aromatic ring is 1. The Morgan fingerprint density at radius 3 is 2.67 bits per heavy atom. The number of benzene rings is 2. The molecule has 1 aromatic heterocycles. The minimum Gasteiger partial charge on any atom is -0.437 e. The van der Waals surface area contributed by atoms with Crippen molar-refractivity contribution in [2.75, 3.05) is 5.73 Å². The SMILES string of the molecule is Cc1cccc(Cn2c(C#N)cc(N)c2Oc2ccccc2Cl)c1. The summed E-state index contributed by atoms with van der Waals surface area (Å²) in [5.74, 6) is 0.917. The molecule has 0 saturated carbocycles. The van der Waals surface area contributed by atoms with E-state index in [1.165, 1.54) is 0 Å². The summed E-state index contributed by atoms with van der Waals surface area (Å²) in [6.07, 6.45) is 0. The molecule has 0 spiro atoms. The lowest BCUT2D eigenvalue weighted by Crippen LogP contribution is -2.05. The van der Waals surface area contributed by atoms with Crippen LogP contribution in [0.15, 0.2) is 54.6 Å². The Hall–Kier alpha value is -2.90. The summed E-state index contributed by atoms with van der Waals surface area (Å²) in [7, 11) is 0. The van der Waals surface area contributed by atoms with Crippen LogP contribution in [0.2, 0.25) is 5.02 Å². The van der Waals surface area contributed by atoms with E-state index in [4.69, 9.17) is 22.1 Å². The second-order valence-electron chi connectivity index (χ2n) is 5.51. The Morgan fingerprint density at radius 2 is 1.96 bits per heavy atom. The lowest BCUT2D eigenvalue weighted by molar-refractivity contribution is 0.437. The van der Waals surface area contributed by atoms with Gasteiger partial charge in [-0.1, -0.05) is 53.6 Å². The zero-order chi connectivity index (χ0) is 17.1. The highest BCUT2D eigenvalue weighted by Crippen LogP contribution is 2.35. The van der Waals surface area contributed by atoms with Crippen LogP contribution in [0.5, 0.6) is 11.6 Å². The van der Waals surface area contributed by atoms with Gasteiger partial charge in [-0.3, -0.25) is 4.57 Å². The molecule has 0 saturated heterocycles. The Labute approximate surface area is 145 Å². The van der Waals surface area contributed by atoms with Gasteiger partial charge in [0, 0.05) is 6.07 Å². The van der Waals surface area contributed by atoms with Crippen molar-refractivity contribution in [3.8, 4) is 17.7 Å². The fraction of sp³-hybridized carbons (Fsp3) is 0.105. The smallest absolute Gasteiger partial charge is 0.224 e. The first-order valence-electron chi connectivity index (χ1n) is 7.45. The summed E-state index contributed by atoms with van der Waals surface area (Å²) in [6.45, 7) is 2.52. The average molecular weight is 338 g/mol. The number of nitriles is 1. The van der Waals surface area contributed by atoms with Crippen LogP contribution < -0.4 is 10.5 Å². The molecule has 2 N–H and O–H groups in total. The lowest BCUT2D eigenvalue weighted by atomic mass is 10.1. The summed E-state index contributed by atoms with van der Waals surface area (Å²) < 4.78 is 7.67. The minimum absolute atomic E-state index is 0.402. The molecular weight excluding hydrogens is 322 g/mol. The van der Waals surface area contributed by atoms with Gasteiger partial charge in [0.15, 0.2) is 0 Å². The molecule has 5 heteroatoms. The number of para-hydroxylation sites is 1. The van der Waals surface area contributed by atoms with Gasteiger partial charge in [-0.05, 0) is 24.6 Å². The van der Waals surface area contributed by atoms with Crippen LogP contribution in [-0.2, 0) is 6.54 Å². The average Bonchev–Trinajstić information content (AvgIpc) is 2.85. The third-order valence-corrected chi connectivity index (χ3v) is 3.97. The van der Waals surface area contributed by atoms with E-state index in [9.17, 15) is 5.26 Å². The highest BCUT2D eigenvalue weighted by atomic mass is 35.5. The van der Waals surface area contributed by atoms with Gasteiger partial charge >= 0.3 is 0 Å². The van der Waals surface area contributed by atoms with Crippen molar-refractivity contribution in [3.05, 3.63) is 76.4 Å². The van der Waals surface area contributed by atoms with Gasteiger partial charge < -0.3 is 10.5 Å². The second kappa shape index (κ2) is 6.69. The standard InChI is InChI=1S/C19H16ClN3O/c1-13-5-4-6-14(9-13)12-23-15(11-21)10-17(22)19(23)24-18-8-3-2-7-16(18)20/h2-10H,12,22H2,1H3. The molecule has 0 aliphatic rings. The maximum absolute atomic E-state index is 9.40. The highest BCUT2D eigenvalue weighted by Gasteiger charge is 2.17. The Morgan fingerprint density at radius 1 is 1.17 bits per heavy atom. The molecule has 0 aliphatic heterocycles. The number of aryl methyl sites for hydroxylation is 1. The van der Waals surface area contributed by atoms with E-state index in [2.05, 4.69) is 12.1 Å². The van der Waals surface area contributed by atoms with Gasteiger partial charge in [0.2, 0.25) is 5.88 Å². The normalized spacial score (nSPS) is 10.4. The molecule has 24 heavy (non-hydrogen) atoms. The molecule has 3 rings (SSSR count). The molecule has 0 atom stereocenters. The molecule has 0 bridgehead atoms. The zero-order valence-electron chi connectivity index (χ0n) is 13.2. The van der Waals surface area contributed by atoms with E-state index in [0.717, 1.165) is 11.1 Å². The quantitative estimate of drug-likeness (QED) is 0.747. The van der Waals surface area contributed by atoms with Crippen LogP contribution in [0.25, 0.3) is 0 Å². The van der Waals surface area contributed by atoms with Crippen LogP contribution in [0.1, 0.15) is 16.8 Å². The van der Waals surface area contributed by atoms with Crippen LogP contribution in [0.4, 0.5) is 5.69 Å². The molecule has 0 aliphatic carbocycles. The van der Waals surface area contributed by atoms with Crippen molar-refractivity contribution in [2.45, 2.75) is 13.5 Å². The first kappa shape index (κ1) is 16.0. The summed E-state index contributed by atoms with van der Waals surface area (Å²) in [5, 5.41) is 9.89. The van der Waals surface area contributed by atoms with Crippen molar-refractivity contribution < 1.29 is 4.74 Å². The third kappa shape index (κ3) is 3.22. The van der Waals surface area contributed by atoms with Gasteiger partial charge in [-0.2, -0.15) is 5.26 Å². The first-order chi connectivity index (χ1) is 11.6. The molecule has 2 aromatic carbocycles.